The van der Waals surface area contributed by atoms with E-state index in [0.29, 0.717) is 0 Å². The van der Waals surface area contributed by atoms with Gasteiger partial charge in [-0.3, -0.25) is 0 Å². The van der Waals surface area contributed by atoms with E-state index in [1.165, 1.54) is 110 Å². The summed E-state index contributed by atoms with van der Waals surface area (Å²) < 4.78 is 4.93. The molecule has 0 aliphatic carbocycles. The maximum atomic E-state index is 2.47. The fourth-order valence-corrected chi connectivity index (χ4v) is 10.5. The number of nitrogens with zero attached hydrogens (tertiary/aromatic N) is 2. The molecule has 2 heterocycles. The molecule has 0 spiro atoms. The van der Waals surface area contributed by atoms with E-state index in [9.17, 15) is 0 Å². The molecule has 0 radical (unpaired) electrons. The highest BCUT2D eigenvalue weighted by Gasteiger charge is 2.21. The Hall–Kier alpha value is -8.98. The van der Waals surface area contributed by atoms with Gasteiger partial charge < -0.3 is 9.13 Å². The summed E-state index contributed by atoms with van der Waals surface area (Å²) in [5.74, 6) is 0. The second kappa shape index (κ2) is 16.5. The van der Waals surface area contributed by atoms with Crippen LogP contribution in [-0.4, -0.2) is 9.13 Å². The fourth-order valence-electron chi connectivity index (χ4n) is 10.5. The van der Waals surface area contributed by atoms with Crippen LogP contribution in [0.15, 0.2) is 267 Å². The molecule has 0 unspecified atom stereocenters. The predicted molar refractivity (Wildman–Crippen MR) is 288 cm³/mol. The number of rotatable bonds is 8. The molecule has 0 N–H and O–H groups in total. The molecule has 13 aromatic rings. The third-order valence-corrected chi connectivity index (χ3v) is 13.7. The van der Waals surface area contributed by atoms with E-state index in [2.05, 4.69) is 276 Å². The Bertz CT molecular complexity index is 3990. The zero-order valence-corrected chi connectivity index (χ0v) is 37.3. The molecular formula is C66H44N2. The van der Waals surface area contributed by atoms with Gasteiger partial charge in [-0.25, -0.2) is 0 Å². The monoisotopic (exact) mass is 864 g/mol. The first kappa shape index (κ1) is 39.4. The number of aromatic nitrogens is 2. The van der Waals surface area contributed by atoms with E-state index in [4.69, 9.17) is 0 Å². The third kappa shape index (κ3) is 6.73. The molecule has 68 heavy (non-hydrogen) atoms. The summed E-state index contributed by atoms with van der Waals surface area (Å²) in [7, 11) is 0. The first-order chi connectivity index (χ1) is 33.7. The van der Waals surface area contributed by atoms with Crippen molar-refractivity contribution in [1.29, 1.82) is 0 Å². The lowest BCUT2D eigenvalue weighted by Gasteiger charge is -2.16. The van der Waals surface area contributed by atoms with Crippen LogP contribution < -0.4 is 0 Å². The van der Waals surface area contributed by atoms with Crippen LogP contribution in [0.1, 0.15) is 0 Å². The van der Waals surface area contributed by atoms with Crippen LogP contribution in [0.3, 0.4) is 0 Å². The molecule has 2 aromatic heterocycles. The maximum Gasteiger partial charge on any atom is 0.0547 e. The molecule has 0 fully saturated rings. The first-order valence-corrected chi connectivity index (χ1v) is 23.4. The standard InChI is InChI=1S/C66H44N2/c1-5-18-45(19-6-1)49-26-15-28-54(40-49)57-31-17-33-64-66(57)60-43-52(36-39-63(60)67(64)55-29-16-27-50(41-55)46-20-7-2-8-21-46)51-35-38-62-59(42-51)58-30-13-14-32-61(58)68(62)65-44-53(47-22-9-3-10-23-47)34-37-56(65)48-24-11-4-12-25-48/h1-44H. The molecule has 318 valence electrons. The Kier molecular flexibility index (Phi) is 9.54. The van der Waals surface area contributed by atoms with Crippen LogP contribution in [-0.2, 0) is 0 Å². The number of para-hydroxylation sites is 1. The SMILES string of the molecule is c1ccc(-c2cccc(-c3cccc4c3c3cc(-c5ccc6c(c5)c5ccccc5n6-c5cc(-c6ccccc6)ccc5-c5ccccc5)ccc3n4-c3cccc(-c4ccccc4)c3)c2)cc1. The van der Waals surface area contributed by atoms with Crippen LogP contribution >= 0.6 is 0 Å². The number of hydrogen-bond donors (Lipinski definition) is 0. The zero-order valence-electron chi connectivity index (χ0n) is 37.3. The summed E-state index contributed by atoms with van der Waals surface area (Å²) in [5.41, 5.74) is 21.3. The van der Waals surface area contributed by atoms with Crippen molar-refractivity contribution in [3.63, 3.8) is 0 Å². The minimum absolute atomic E-state index is 1.13. The summed E-state index contributed by atoms with van der Waals surface area (Å²) in [6.45, 7) is 0. The average Bonchev–Trinajstić information content (AvgIpc) is 3.94. The van der Waals surface area contributed by atoms with Crippen molar-refractivity contribution < 1.29 is 0 Å². The molecule has 0 saturated heterocycles. The summed E-state index contributed by atoms with van der Waals surface area (Å²) in [4.78, 5) is 0. The molecule has 0 amide bonds. The predicted octanol–water partition coefficient (Wildman–Crippen LogP) is 17.9. The molecule has 2 nitrogen and oxygen atoms in total. The fraction of sp³-hybridized carbons (Fsp3) is 0. The lowest BCUT2D eigenvalue weighted by Crippen LogP contribution is -1.98. The molecule has 0 saturated carbocycles. The molecule has 11 aromatic carbocycles. The quantitative estimate of drug-likeness (QED) is 0.144. The van der Waals surface area contributed by atoms with Crippen molar-refractivity contribution >= 4 is 43.6 Å². The highest BCUT2D eigenvalue weighted by atomic mass is 15.0. The van der Waals surface area contributed by atoms with Gasteiger partial charge in [0.1, 0.15) is 0 Å². The van der Waals surface area contributed by atoms with Crippen molar-refractivity contribution in [3.05, 3.63) is 267 Å². The van der Waals surface area contributed by atoms with Gasteiger partial charge in [0.25, 0.3) is 0 Å². The summed E-state index contributed by atoms with van der Waals surface area (Å²) >= 11 is 0. The highest BCUT2D eigenvalue weighted by molar-refractivity contribution is 6.17. The number of benzene rings is 11. The Morgan fingerprint density at radius 2 is 0.662 bits per heavy atom. The Balaban J connectivity index is 1.02. The second-order valence-corrected chi connectivity index (χ2v) is 17.7. The topological polar surface area (TPSA) is 9.86 Å². The average molecular weight is 865 g/mol. The van der Waals surface area contributed by atoms with Crippen LogP contribution in [0.25, 0.3) is 122 Å². The summed E-state index contributed by atoms with van der Waals surface area (Å²) in [6.07, 6.45) is 0. The lowest BCUT2D eigenvalue weighted by atomic mass is 9.95. The molecule has 0 atom stereocenters. The van der Waals surface area contributed by atoms with Gasteiger partial charge in [0, 0.05) is 32.8 Å². The Morgan fingerprint density at radius 3 is 1.34 bits per heavy atom. The zero-order chi connectivity index (χ0) is 45.0. The van der Waals surface area contributed by atoms with Gasteiger partial charge in [0.15, 0.2) is 0 Å². The Morgan fingerprint density at radius 1 is 0.206 bits per heavy atom. The van der Waals surface area contributed by atoms with Gasteiger partial charge >= 0.3 is 0 Å². The van der Waals surface area contributed by atoms with E-state index in [0.717, 1.165) is 11.4 Å². The minimum Gasteiger partial charge on any atom is -0.309 e. The highest BCUT2D eigenvalue weighted by Crippen LogP contribution is 2.43. The van der Waals surface area contributed by atoms with Gasteiger partial charge in [0.05, 0.1) is 27.8 Å². The molecule has 13 rings (SSSR count). The van der Waals surface area contributed by atoms with E-state index >= 15 is 0 Å². The number of fused-ring (bicyclic) bond motifs is 6. The van der Waals surface area contributed by atoms with Crippen molar-refractivity contribution in [2.45, 2.75) is 0 Å². The lowest BCUT2D eigenvalue weighted by molar-refractivity contribution is 1.18. The van der Waals surface area contributed by atoms with Crippen LogP contribution in [0, 0.1) is 0 Å². The van der Waals surface area contributed by atoms with Crippen LogP contribution in [0.2, 0.25) is 0 Å². The number of hydrogen-bond acceptors (Lipinski definition) is 0. The molecule has 0 bridgehead atoms. The van der Waals surface area contributed by atoms with Crippen molar-refractivity contribution in [3.8, 4) is 78.1 Å². The smallest absolute Gasteiger partial charge is 0.0547 e. The van der Waals surface area contributed by atoms with E-state index in [1.807, 2.05) is 0 Å². The second-order valence-electron chi connectivity index (χ2n) is 17.7. The molecule has 0 aliphatic heterocycles. The van der Waals surface area contributed by atoms with Gasteiger partial charge in [0.2, 0.25) is 0 Å². The normalized spacial score (nSPS) is 11.5. The van der Waals surface area contributed by atoms with Crippen molar-refractivity contribution in [2.75, 3.05) is 0 Å². The van der Waals surface area contributed by atoms with Crippen LogP contribution in [0.5, 0.6) is 0 Å². The third-order valence-electron chi connectivity index (χ3n) is 13.7. The van der Waals surface area contributed by atoms with Gasteiger partial charge in [-0.1, -0.05) is 206 Å². The van der Waals surface area contributed by atoms with Crippen LogP contribution in [0.4, 0.5) is 0 Å². The largest absolute Gasteiger partial charge is 0.309 e. The summed E-state index contributed by atoms with van der Waals surface area (Å²) in [6, 6.07) is 97.5. The van der Waals surface area contributed by atoms with E-state index < -0.39 is 0 Å². The summed E-state index contributed by atoms with van der Waals surface area (Å²) in [5, 5.41) is 4.91. The minimum atomic E-state index is 1.13. The van der Waals surface area contributed by atoms with Crippen molar-refractivity contribution in [1.82, 2.24) is 9.13 Å². The van der Waals surface area contributed by atoms with Gasteiger partial charge in [-0.2, -0.15) is 0 Å². The van der Waals surface area contributed by atoms with Crippen molar-refractivity contribution in [2.24, 2.45) is 0 Å². The molecular weight excluding hydrogens is 821 g/mol. The molecule has 0 aliphatic rings. The van der Waals surface area contributed by atoms with Gasteiger partial charge in [-0.05, 0) is 122 Å². The van der Waals surface area contributed by atoms with E-state index in [-0.39, 0.29) is 0 Å². The van der Waals surface area contributed by atoms with E-state index in [1.54, 1.807) is 0 Å². The molecule has 2 heteroatoms. The van der Waals surface area contributed by atoms with Gasteiger partial charge in [-0.15, -0.1) is 0 Å². The Labute approximate surface area is 395 Å². The maximum absolute atomic E-state index is 2.47. The first-order valence-electron chi connectivity index (χ1n) is 23.4.